The van der Waals surface area contributed by atoms with Gasteiger partial charge in [0.2, 0.25) is 11.8 Å². The maximum atomic E-state index is 12.4. The van der Waals surface area contributed by atoms with E-state index in [1.165, 1.54) is 7.11 Å². The normalized spacial score (nSPS) is 13.5. The smallest absolute Gasteiger partial charge is 0.390 e. The van der Waals surface area contributed by atoms with Crippen LogP contribution in [0.3, 0.4) is 0 Å². The number of nitrogens with zero attached hydrogens (tertiary/aromatic N) is 3. The van der Waals surface area contributed by atoms with Crippen molar-refractivity contribution in [3.63, 3.8) is 0 Å². The Kier molecular flexibility index (Phi) is 3.57. The Labute approximate surface area is 120 Å². The fourth-order valence-electron chi connectivity index (χ4n) is 2.44. The molecule has 3 rings (SSSR count). The highest BCUT2D eigenvalue weighted by Crippen LogP contribution is 2.27. The van der Waals surface area contributed by atoms with Gasteiger partial charge in [0, 0.05) is 19.3 Å². The van der Waals surface area contributed by atoms with Gasteiger partial charge in [-0.25, -0.2) is 4.79 Å². The lowest BCUT2D eigenvalue weighted by molar-refractivity contribution is -0.119. The van der Waals surface area contributed by atoms with E-state index in [2.05, 4.69) is 5.10 Å². The lowest BCUT2D eigenvalue weighted by Crippen LogP contribution is -2.35. The number of hydrogen-bond donors (Lipinski definition) is 0. The molecule has 7 nitrogen and oxygen atoms in total. The van der Waals surface area contributed by atoms with Gasteiger partial charge in [-0.15, -0.1) is 5.10 Å². The molecule has 0 aliphatic carbocycles. The van der Waals surface area contributed by atoms with Gasteiger partial charge < -0.3 is 14.1 Å². The molecule has 1 aliphatic heterocycles. The molecular formula is C14H15N3O4. The molecule has 0 saturated heterocycles. The Hall–Kier alpha value is -2.41. The quantitative estimate of drug-likeness (QED) is 0.822. The fourth-order valence-corrected chi connectivity index (χ4v) is 2.44. The molecule has 0 radical (unpaired) electrons. The molecule has 1 aromatic carbocycles. The monoisotopic (exact) mass is 289 g/mol. The van der Waals surface area contributed by atoms with Gasteiger partial charge in [0.05, 0.1) is 0 Å². The predicted octanol–water partition coefficient (Wildman–Crippen LogP) is 0.572. The lowest BCUT2D eigenvalue weighted by atomic mass is 10.2. The molecule has 0 atom stereocenters. The van der Waals surface area contributed by atoms with Gasteiger partial charge in [-0.05, 0) is 18.1 Å². The number of benzene rings is 1. The maximum Gasteiger partial charge on any atom is 0.437 e. The molecule has 0 unspecified atom stereocenters. The van der Waals surface area contributed by atoms with E-state index in [9.17, 15) is 9.59 Å². The molecule has 0 spiro atoms. The zero-order chi connectivity index (χ0) is 14.8. The van der Waals surface area contributed by atoms with Crippen molar-refractivity contribution < 1.29 is 13.9 Å². The van der Waals surface area contributed by atoms with E-state index in [4.69, 9.17) is 9.15 Å². The average Bonchev–Trinajstić information content (AvgIpc) is 3.03. The summed E-state index contributed by atoms with van der Waals surface area (Å²) in [6.45, 7) is 0.582. The summed E-state index contributed by atoms with van der Waals surface area (Å²) >= 11 is 0. The van der Waals surface area contributed by atoms with Crippen LogP contribution in [0, 0.1) is 0 Å². The van der Waals surface area contributed by atoms with Crippen LogP contribution in [0.1, 0.15) is 11.5 Å². The molecular weight excluding hydrogens is 274 g/mol. The second kappa shape index (κ2) is 5.53. The van der Waals surface area contributed by atoms with E-state index in [1.54, 1.807) is 4.90 Å². The number of aromatic nitrogens is 2. The lowest BCUT2D eigenvalue weighted by Gasteiger charge is -2.16. The number of methoxy groups -OCH3 is 1. The number of fused-ring (bicyclic) bond motifs is 1. The minimum atomic E-state index is -0.650. The minimum absolute atomic E-state index is 0.100. The summed E-state index contributed by atoms with van der Waals surface area (Å²) in [6, 6.07) is 7.75. The van der Waals surface area contributed by atoms with Crippen LogP contribution in [0.15, 0.2) is 33.5 Å². The topological polar surface area (TPSA) is 77.6 Å². The molecule has 7 heteroatoms. The second-order valence-electron chi connectivity index (χ2n) is 4.78. The molecule has 1 aromatic heterocycles. The summed E-state index contributed by atoms with van der Waals surface area (Å²) in [5.74, 6) is -0.667. The van der Waals surface area contributed by atoms with E-state index in [0.717, 1.165) is 22.4 Å². The number of amides is 1. The molecule has 0 N–H and O–H groups in total. The summed E-state index contributed by atoms with van der Waals surface area (Å²) in [7, 11) is 1.48. The molecule has 0 saturated carbocycles. The van der Waals surface area contributed by atoms with Gasteiger partial charge in [-0.2, -0.15) is 4.68 Å². The molecule has 21 heavy (non-hydrogen) atoms. The molecule has 0 fully saturated rings. The summed E-state index contributed by atoms with van der Waals surface area (Å²) in [4.78, 5) is 25.6. The Bertz CT molecular complexity index is 719. The third kappa shape index (κ3) is 2.59. The molecule has 2 aromatic rings. The summed E-state index contributed by atoms with van der Waals surface area (Å²) in [5, 5.41) is 3.93. The van der Waals surface area contributed by atoms with Crippen LogP contribution in [0.4, 0.5) is 5.69 Å². The van der Waals surface area contributed by atoms with Crippen LogP contribution in [-0.4, -0.2) is 29.3 Å². The summed E-state index contributed by atoms with van der Waals surface area (Å²) in [6.07, 6.45) is 0.824. The maximum absolute atomic E-state index is 12.4. The highest BCUT2D eigenvalue weighted by atomic mass is 16.5. The number of anilines is 1. The molecule has 2 heterocycles. The second-order valence-corrected chi connectivity index (χ2v) is 4.78. The SMILES string of the molecule is COCc1nn(CC(=O)N2CCc3ccccc32)c(=O)o1. The van der Waals surface area contributed by atoms with Crippen LogP contribution < -0.4 is 10.7 Å². The summed E-state index contributed by atoms with van der Waals surface area (Å²) < 4.78 is 10.8. The number of carbonyl (C=O) groups is 1. The zero-order valence-electron chi connectivity index (χ0n) is 11.6. The standard InChI is InChI=1S/C14H15N3O4/c1-20-9-12-15-17(14(19)21-12)8-13(18)16-7-6-10-4-2-3-5-11(10)16/h2-5H,6-9H2,1H3. The van der Waals surface area contributed by atoms with Crippen molar-refractivity contribution in [1.29, 1.82) is 0 Å². The van der Waals surface area contributed by atoms with Gasteiger partial charge in [-0.3, -0.25) is 4.79 Å². The van der Waals surface area contributed by atoms with Crippen molar-refractivity contribution in [2.75, 3.05) is 18.6 Å². The van der Waals surface area contributed by atoms with Crippen molar-refractivity contribution in [3.05, 3.63) is 46.3 Å². The number of ether oxygens (including phenoxy) is 1. The first-order valence-electron chi connectivity index (χ1n) is 6.63. The van der Waals surface area contributed by atoms with Crippen LogP contribution in [0.2, 0.25) is 0 Å². The molecule has 110 valence electrons. The van der Waals surface area contributed by atoms with Crippen molar-refractivity contribution in [2.24, 2.45) is 0 Å². The largest absolute Gasteiger partial charge is 0.437 e. The first-order valence-corrected chi connectivity index (χ1v) is 6.63. The van der Waals surface area contributed by atoms with Crippen molar-refractivity contribution in [3.8, 4) is 0 Å². The van der Waals surface area contributed by atoms with E-state index in [-0.39, 0.29) is 24.9 Å². The van der Waals surface area contributed by atoms with E-state index in [1.807, 2.05) is 24.3 Å². The molecule has 1 amide bonds. The predicted molar refractivity (Wildman–Crippen MR) is 74.0 cm³/mol. The van der Waals surface area contributed by atoms with Crippen LogP contribution in [-0.2, 0) is 29.1 Å². The number of rotatable bonds is 4. The van der Waals surface area contributed by atoms with E-state index in [0.29, 0.717) is 6.54 Å². The van der Waals surface area contributed by atoms with Crippen LogP contribution in [0.25, 0.3) is 0 Å². The Morgan fingerprint density at radius 1 is 1.43 bits per heavy atom. The Morgan fingerprint density at radius 2 is 2.24 bits per heavy atom. The number of carbonyl (C=O) groups excluding carboxylic acids is 1. The first-order chi connectivity index (χ1) is 10.2. The van der Waals surface area contributed by atoms with Gasteiger partial charge in [0.25, 0.3) is 0 Å². The fraction of sp³-hybridized carbons (Fsp3) is 0.357. The number of para-hydroxylation sites is 1. The van der Waals surface area contributed by atoms with Crippen molar-refractivity contribution in [2.45, 2.75) is 19.6 Å². The van der Waals surface area contributed by atoms with Crippen molar-refractivity contribution in [1.82, 2.24) is 9.78 Å². The molecule has 0 bridgehead atoms. The summed E-state index contributed by atoms with van der Waals surface area (Å²) in [5.41, 5.74) is 2.04. The third-order valence-electron chi connectivity index (χ3n) is 3.39. The zero-order valence-corrected chi connectivity index (χ0v) is 11.6. The Morgan fingerprint density at radius 3 is 3.05 bits per heavy atom. The van der Waals surface area contributed by atoms with E-state index < -0.39 is 5.76 Å². The highest BCUT2D eigenvalue weighted by molar-refractivity contribution is 5.95. The Balaban J connectivity index is 1.77. The molecule has 1 aliphatic rings. The highest BCUT2D eigenvalue weighted by Gasteiger charge is 2.25. The average molecular weight is 289 g/mol. The van der Waals surface area contributed by atoms with Crippen molar-refractivity contribution >= 4 is 11.6 Å². The van der Waals surface area contributed by atoms with Gasteiger partial charge in [-0.1, -0.05) is 18.2 Å². The van der Waals surface area contributed by atoms with Gasteiger partial charge in [0.1, 0.15) is 13.2 Å². The minimum Gasteiger partial charge on any atom is -0.390 e. The van der Waals surface area contributed by atoms with Crippen LogP contribution in [0.5, 0.6) is 0 Å². The van der Waals surface area contributed by atoms with E-state index >= 15 is 0 Å². The van der Waals surface area contributed by atoms with Gasteiger partial charge >= 0.3 is 5.76 Å². The first kappa shape index (κ1) is 13.6. The third-order valence-corrected chi connectivity index (χ3v) is 3.39. The number of hydrogen-bond acceptors (Lipinski definition) is 5. The van der Waals surface area contributed by atoms with Crippen LogP contribution >= 0.6 is 0 Å². The van der Waals surface area contributed by atoms with Gasteiger partial charge in [0.15, 0.2) is 0 Å².